The Labute approximate surface area is 143 Å². The van der Waals surface area contributed by atoms with Crippen LogP contribution >= 0.6 is 15.9 Å². The first-order valence-corrected chi connectivity index (χ1v) is 7.73. The van der Waals surface area contributed by atoms with Crippen molar-refractivity contribution in [3.63, 3.8) is 0 Å². The van der Waals surface area contributed by atoms with Crippen LogP contribution < -0.4 is 10.1 Å². The average molecular weight is 389 g/mol. The number of nitrogens with one attached hydrogen (secondary N) is 1. The van der Waals surface area contributed by atoms with Crippen LogP contribution in [-0.4, -0.2) is 28.2 Å². The number of ether oxygens (including phenoxy) is 2. The van der Waals surface area contributed by atoms with Crippen LogP contribution in [0.2, 0.25) is 0 Å². The molecule has 8 heteroatoms. The minimum Gasteiger partial charge on any atom is -0.497 e. The molecule has 0 aliphatic rings. The summed E-state index contributed by atoms with van der Waals surface area (Å²) in [6, 6.07) is 5.72. The van der Waals surface area contributed by atoms with Crippen LogP contribution in [0, 0.1) is 10.1 Å². The SMILES string of the molecule is COc1ccc([C@H](NC(=O)OC(C)(C)C)[C@](C)(Br)[N+](=O)[O-])cc1. The molecule has 0 fully saturated rings. The smallest absolute Gasteiger partial charge is 0.408 e. The van der Waals surface area contributed by atoms with E-state index in [-0.39, 0.29) is 0 Å². The van der Waals surface area contributed by atoms with Crippen molar-refractivity contribution in [3.8, 4) is 5.75 Å². The van der Waals surface area contributed by atoms with Crippen molar-refractivity contribution in [2.24, 2.45) is 0 Å². The lowest BCUT2D eigenvalue weighted by atomic mass is 10.0. The highest BCUT2D eigenvalue weighted by Gasteiger charge is 2.45. The third kappa shape index (κ3) is 5.38. The molecule has 1 rings (SSSR count). The summed E-state index contributed by atoms with van der Waals surface area (Å²) in [6.45, 7) is 6.53. The highest BCUT2D eigenvalue weighted by molar-refractivity contribution is 9.10. The number of carbonyl (C=O) groups excluding carboxylic acids is 1. The predicted octanol–water partition coefficient (Wildman–Crippen LogP) is 3.65. The molecule has 0 radical (unpaired) electrons. The van der Waals surface area contributed by atoms with Crippen molar-refractivity contribution in [2.75, 3.05) is 7.11 Å². The fourth-order valence-corrected chi connectivity index (χ4v) is 2.23. The van der Waals surface area contributed by atoms with Gasteiger partial charge < -0.3 is 14.8 Å². The van der Waals surface area contributed by atoms with E-state index in [1.165, 1.54) is 14.0 Å². The molecule has 0 aliphatic carbocycles. The van der Waals surface area contributed by atoms with Crippen molar-refractivity contribution < 1.29 is 19.2 Å². The number of hydrogen-bond acceptors (Lipinski definition) is 5. The van der Waals surface area contributed by atoms with Crippen LogP contribution in [-0.2, 0) is 4.74 Å². The van der Waals surface area contributed by atoms with Crippen molar-refractivity contribution >= 4 is 22.0 Å². The zero-order chi connectivity index (χ0) is 17.8. The van der Waals surface area contributed by atoms with Crippen molar-refractivity contribution in [2.45, 2.75) is 43.8 Å². The normalized spacial score (nSPS) is 15.2. The first kappa shape index (κ1) is 19.2. The third-order valence-corrected chi connectivity index (χ3v) is 3.74. The Hall–Kier alpha value is -1.83. The number of amides is 1. The summed E-state index contributed by atoms with van der Waals surface area (Å²) in [4.78, 5) is 22.9. The third-order valence-electron chi connectivity index (χ3n) is 2.99. The molecule has 0 saturated heterocycles. The molecule has 128 valence electrons. The highest BCUT2D eigenvalue weighted by atomic mass is 79.9. The van der Waals surface area contributed by atoms with Crippen LogP contribution in [0.5, 0.6) is 5.75 Å². The van der Waals surface area contributed by atoms with E-state index in [1.807, 2.05) is 0 Å². The summed E-state index contributed by atoms with van der Waals surface area (Å²) < 4.78 is 8.66. The van der Waals surface area contributed by atoms with Gasteiger partial charge in [0.15, 0.2) is 0 Å². The Kier molecular flexibility index (Phi) is 5.98. The molecule has 1 aromatic rings. The van der Waals surface area contributed by atoms with Gasteiger partial charge in [-0.15, -0.1) is 0 Å². The number of hydrogen-bond donors (Lipinski definition) is 1. The molecule has 1 amide bonds. The molecule has 2 atom stereocenters. The van der Waals surface area contributed by atoms with E-state index in [0.717, 1.165) is 0 Å². The fourth-order valence-electron chi connectivity index (χ4n) is 1.85. The first-order valence-electron chi connectivity index (χ1n) is 6.94. The number of carbonyl (C=O) groups is 1. The molecule has 1 aromatic carbocycles. The molecular weight excluding hydrogens is 368 g/mol. The lowest BCUT2D eigenvalue weighted by Gasteiger charge is -2.28. The quantitative estimate of drug-likeness (QED) is 0.359. The fraction of sp³-hybridized carbons (Fsp3) is 0.533. The minimum absolute atomic E-state index is 0.501. The Morgan fingerprint density at radius 3 is 2.17 bits per heavy atom. The van der Waals surface area contributed by atoms with Crippen LogP contribution in [0.1, 0.15) is 39.3 Å². The van der Waals surface area contributed by atoms with E-state index in [9.17, 15) is 14.9 Å². The van der Waals surface area contributed by atoms with Crippen LogP contribution in [0.25, 0.3) is 0 Å². The molecule has 0 saturated carbocycles. The maximum Gasteiger partial charge on any atom is 0.408 e. The van der Waals surface area contributed by atoms with Gasteiger partial charge >= 0.3 is 6.09 Å². The van der Waals surface area contributed by atoms with Gasteiger partial charge in [0.05, 0.1) is 7.11 Å². The maximum atomic E-state index is 12.0. The number of benzene rings is 1. The molecule has 23 heavy (non-hydrogen) atoms. The molecule has 0 aromatic heterocycles. The monoisotopic (exact) mass is 388 g/mol. The Bertz CT molecular complexity index is 566. The zero-order valence-corrected chi connectivity index (χ0v) is 15.3. The van der Waals surface area contributed by atoms with Gasteiger partial charge in [-0.2, -0.15) is 0 Å². The Balaban J connectivity index is 3.11. The van der Waals surface area contributed by atoms with Gasteiger partial charge in [-0.3, -0.25) is 10.1 Å². The topological polar surface area (TPSA) is 90.7 Å². The lowest BCUT2D eigenvalue weighted by Crippen LogP contribution is -2.46. The summed E-state index contributed by atoms with van der Waals surface area (Å²) in [6.07, 6.45) is -0.731. The number of methoxy groups -OCH3 is 1. The van der Waals surface area contributed by atoms with Crippen LogP contribution in [0.3, 0.4) is 0 Å². The number of nitrogens with zero attached hydrogens (tertiary/aromatic N) is 1. The molecule has 1 N–H and O–H groups in total. The summed E-state index contributed by atoms with van der Waals surface area (Å²) in [5.74, 6) is 0.613. The summed E-state index contributed by atoms with van der Waals surface area (Å²) in [5.41, 5.74) is -0.154. The van der Waals surface area contributed by atoms with Crippen LogP contribution in [0.4, 0.5) is 4.79 Å². The molecular formula is C15H21BrN2O5. The largest absolute Gasteiger partial charge is 0.497 e. The second-order valence-corrected chi connectivity index (χ2v) is 7.74. The maximum absolute atomic E-state index is 12.0. The predicted molar refractivity (Wildman–Crippen MR) is 89.4 cm³/mol. The second kappa shape index (κ2) is 7.16. The van der Waals surface area contributed by atoms with Crippen molar-refractivity contribution in [1.82, 2.24) is 5.32 Å². The van der Waals surface area contributed by atoms with E-state index in [0.29, 0.717) is 11.3 Å². The lowest BCUT2D eigenvalue weighted by molar-refractivity contribution is -0.536. The highest BCUT2D eigenvalue weighted by Crippen LogP contribution is 2.35. The standard InChI is InChI=1S/C15H21BrN2O5/c1-14(2,3)23-13(19)17-12(15(4,16)18(20)21)10-6-8-11(22-5)9-7-10/h6-9,12H,1-5H3,(H,17,19)/t12-,15+/m0/s1. The van der Waals surface area contributed by atoms with Crippen molar-refractivity contribution in [3.05, 3.63) is 39.9 Å². The van der Waals surface area contributed by atoms with Gasteiger partial charge in [0.25, 0.3) is 4.45 Å². The molecule has 0 bridgehead atoms. The number of rotatable bonds is 5. The van der Waals surface area contributed by atoms with Gasteiger partial charge in [-0.1, -0.05) is 12.1 Å². The average Bonchev–Trinajstić information content (AvgIpc) is 2.42. The van der Waals surface area contributed by atoms with Gasteiger partial charge in [-0.05, 0) is 38.5 Å². The second-order valence-electron chi connectivity index (χ2n) is 6.13. The summed E-state index contributed by atoms with van der Waals surface area (Å²) >= 11 is 3.09. The first-order chi connectivity index (χ1) is 10.5. The van der Waals surface area contributed by atoms with E-state index in [4.69, 9.17) is 9.47 Å². The van der Waals surface area contributed by atoms with Gasteiger partial charge in [0, 0.05) is 27.8 Å². The van der Waals surface area contributed by atoms with E-state index in [1.54, 1.807) is 45.0 Å². The van der Waals surface area contributed by atoms with E-state index < -0.39 is 27.1 Å². The number of halogens is 1. The van der Waals surface area contributed by atoms with E-state index >= 15 is 0 Å². The molecule has 0 spiro atoms. The van der Waals surface area contributed by atoms with Gasteiger partial charge in [-0.25, -0.2) is 4.79 Å². The Morgan fingerprint density at radius 1 is 1.26 bits per heavy atom. The minimum atomic E-state index is -1.60. The molecule has 7 nitrogen and oxygen atoms in total. The number of alkyl carbamates (subject to hydrolysis) is 1. The number of alkyl halides is 1. The summed E-state index contributed by atoms with van der Waals surface area (Å²) in [7, 11) is 1.52. The zero-order valence-electron chi connectivity index (χ0n) is 13.8. The summed E-state index contributed by atoms with van der Waals surface area (Å²) in [5, 5.41) is 13.9. The Morgan fingerprint density at radius 2 is 1.78 bits per heavy atom. The van der Waals surface area contributed by atoms with E-state index in [2.05, 4.69) is 21.2 Å². The molecule has 0 unspecified atom stereocenters. The van der Waals surface area contributed by atoms with Gasteiger partial charge in [0.1, 0.15) is 17.4 Å². The van der Waals surface area contributed by atoms with Gasteiger partial charge in [0.2, 0.25) is 0 Å². The number of nitro groups is 1. The molecule has 0 heterocycles. The molecule has 0 aliphatic heterocycles. The van der Waals surface area contributed by atoms with Crippen molar-refractivity contribution in [1.29, 1.82) is 0 Å². The van der Waals surface area contributed by atoms with Crippen LogP contribution in [0.15, 0.2) is 24.3 Å².